The summed E-state index contributed by atoms with van der Waals surface area (Å²) in [6.07, 6.45) is 3.45. The highest BCUT2D eigenvalue weighted by Crippen LogP contribution is 2.45. The molecule has 1 saturated carbocycles. The van der Waals surface area contributed by atoms with Crippen LogP contribution in [-0.2, 0) is 5.54 Å². The molecule has 0 bridgehead atoms. The van der Waals surface area contributed by atoms with Crippen molar-refractivity contribution >= 4 is 0 Å². The minimum absolute atomic E-state index is 0.0841. The molecule has 0 radical (unpaired) electrons. The maximum atomic E-state index is 14.1. The minimum Gasteiger partial charge on any atom is -0.321 e. The van der Waals surface area contributed by atoms with Gasteiger partial charge in [0.2, 0.25) is 0 Å². The van der Waals surface area contributed by atoms with Gasteiger partial charge in [0.15, 0.2) is 11.6 Å². The molecule has 0 saturated heterocycles. The highest BCUT2D eigenvalue weighted by atomic mass is 19.2. The van der Waals surface area contributed by atoms with E-state index in [-0.39, 0.29) is 5.41 Å². The molecule has 1 aliphatic carbocycles. The lowest BCUT2D eigenvalue weighted by Crippen LogP contribution is -2.45. The summed E-state index contributed by atoms with van der Waals surface area (Å²) < 4.78 is 27.8. The first-order valence-electron chi connectivity index (χ1n) is 6.49. The second-order valence-corrected chi connectivity index (χ2v) is 6.41. The van der Waals surface area contributed by atoms with E-state index in [1.807, 2.05) is 0 Å². The van der Waals surface area contributed by atoms with Gasteiger partial charge in [-0.05, 0) is 37.2 Å². The van der Waals surface area contributed by atoms with Crippen LogP contribution in [0.3, 0.4) is 0 Å². The largest absolute Gasteiger partial charge is 0.321 e. The number of benzene rings is 1. The van der Waals surface area contributed by atoms with E-state index in [0.717, 1.165) is 19.3 Å². The van der Waals surface area contributed by atoms with Crippen molar-refractivity contribution in [1.29, 1.82) is 0 Å². The Labute approximate surface area is 107 Å². The van der Waals surface area contributed by atoms with E-state index < -0.39 is 17.2 Å². The smallest absolute Gasteiger partial charge is 0.164 e. The van der Waals surface area contributed by atoms with E-state index >= 15 is 0 Å². The van der Waals surface area contributed by atoms with Gasteiger partial charge in [-0.15, -0.1) is 0 Å². The van der Waals surface area contributed by atoms with E-state index in [2.05, 4.69) is 13.8 Å². The molecule has 0 spiro atoms. The van der Waals surface area contributed by atoms with Gasteiger partial charge >= 0.3 is 0 Å². The standard InChI is InChI=1S/C15H21F2N/c1-10-5-6-11(13(17)12(10)16)15(18)8-4-7-14(2,3)9-15/h5-6H,4,7-9,18H2,1-3H3. The molecular formula is C15H21F2N. The molecule has 0 amide bonds. The molecule has 2 N–H and O–H groups in total. The number of rotatable bonds is 1. The van der Waals surface area contributed by atoms with Crippen LogP contribution in [-0.4, -0.2) is 0 Å². The second-order valence-electron chi connectivity index (χ2n) is 6.41. The van der Waals surface area contributed by atoms with Gasteiger partial charge in [-0.2, -0.15) is 0 Å². The van der Waals surface area contributed by atoms with Crippen molar-refractivity contribution in [2.45, 2.75) is 52.0 Å². The van der Waals surface area contributed by atoms with Gasteiger partial charge in [0, 0.05) is 11.1 Å². The Bertz CT molecular complexity index is 468. The fraction of sp³-hybridized carbons (Fsp3) is 0.600. The van der Waals surface area contributed by atoms with E-state index in [1.54, 1.807) is 19.1 Å². The number of halogens is 2. The van der Waals surface area contributed by atoms with Crippen molar-refractivity contribution in [1.82, 2.24) is 0 Å². The average molecular weight is 253 g/mol. The summed E-state index contributed by atoms with van der Waals surface area (Å²) in [6.45, 7) is 5.84. The van der Waals surface area contributed by atoms with Gasteiger partial charge in [0.1, 0.15) is 0 Å². The van der Waals surface area contributed by atoms with Crippen LogP contribution in [0.5, 0.6) is 0 Å². The summed E-state index contributed by atoms with van der Waals surface area (Å²) in [5.41, 5.74) is 6.38. The van der Waals surface area contributed by atoms with Crippen molar-refractivity contribution in [3.63, 3.8) is 0 Å². The lowest BCUT2D eigenvalue weighted by Gasteiger charge is -2.43. The van der Waals surface area contributed by atoms with Crippen molar-refractivity contribution in [2.75, 3.05) is 0 Å². The molecule has 1 unspecified atom stereocenters. The van der Waals surface area contributed by atoms with Gasteiger partial charge in [0.25, 0.3) is 0 Å². The number of aryl methyl sites for hydroxylation is 1. The normalized spacial score (nSPS) is 27.2. The zero-order chi connectivity index (χ0) is 13.6. The highest BCUT2D eigenvalue weighted by molar-refractivity contribution is 5.31. The molecule has 1 aliphatic rings. The Morgan fingerprint density at radius 3 is 2.39 bits per heavy atom. The first kappa shape index (κ1) is 13.5. The summed E-state index contributed by atoms with van der Waals surface area (Å²) in [5.74, 6) is -1.53. The van der Waals surface area contributed by atoms with Crippen LogP contribution in [0.4, 0.5) is 8.78 Å². The van der Waals surface area contributed by atoms with Crippen molar-refractivity contribution in [2.24, 2.45) is 11.1 Å². The molecule has 0 heterocycles. The zero-order valence-corrected chi connectivity index (χ0v) is 11.3. The van der Waals surface area contributed by atoms with Gasteiger partial charge < -0.3 is 5.73 Å². The maximum Gasteiger partial charge on any atom is 0.164 e. The quantitative estimate of drug-likeness (QED) is 0.803. The number of nitrogens with two attached hydrogens (primary N) is 1. The van der Waals surface area contributed by atoms with Crippen molar-refractivity contribution < 1.29 is 8.78 Å². The minimum atomic E-state index is -0.768. The molecule has 2 rings (SSSR count). The van der Waals surface area contributed by atoms with Gasteiger partial charge in [-0.25, -0.2) is 8.78 Å². The highest BCUT2D eigenvalue weighted by Gasteiger charge is 2.40. The lowest BCUT2D eigenvalue weighted by atomic mass is 9.66. The lowest BCUT2D eigenvalue weighted by molar-refractivity contribution is 0.147. The predicted octanol–water partition coefficient (Wildman–Crippen LogP) is 4.03. The monoisotopic (exact) mass is 253 g/mol. The Balaban J connectivity index is 2.44. The Hall–Kier alpha value is -0.960. The molecule has 3 heteroatoms. The first-order valence-corrected chi connectivity index (χ1v) is 6.49. The Morgan fingerprint density at radius 2 is 1.78 bits per heavy atom. The van der Waals surface area contributed by atoms with Gasteiger partial charge in [-0.1, -0.05) is 32.4 Å². The zero-order valence-electron chi connectivity index (χ0n) is 11.3. The average Bonchev–Trinajstić information content (AvgIpc) is 2.23. The van der Waals surface area contributed by atoms with Crippen LogP contribution >= 0.6 is 0 Å². The molecule has 1 nitrogen and oxygen atoms in total. The fourth-order valence-electron chi connectivity index (χ4n) is 3.17. The summed E-state index contributed by atoms with van der Waals surface area (Å²) in [5, 5.41) is 0. The van der Waals surface area contributed by atoms with Crippen LogP contribution in [0, 0.1) is 24.0 Å². The molecule has 100 valence electrons. The predicted molar refractivity (Wildman–Crippen MR) is 69.2 cm³/mol. The molecule has 0 aromatic heterocycles. The van der Waals surface area contributed by atoms with Crippen molar-refractivity contribution in [3.8, 4) is 0 Å². The third-order valence-corrected chi connectivity index (χ3v) is 4.08. The van der Waals surface area contributed by atoms with Crippen molar-refractivity contribution in [3.05, 3.63) is 34.9 Å². The number of hydrogen-bond donors (Lipinski definition) is 1. The maximum absolute atomic E-state index is 14.1. The summed E-state index contributed by atoms with van der Waals surface area (Å²) in [7, 11) is 0. The van der Waals surface area contributed by atoms with E-state index in [1.165, 1.54) is 0 Å². The molecular weight excluding hydrogens is 232 g/mol. The van der Waals surface area contributed by atoms with Crippen LogP contribution in [0.25, 0.3) is 0 Å². The van der Waals surface area contributed by atoms with E-state index in [0.29, 0.717) is 17.5 Å². The molecule has 1 aromatic rings. The molecule has 0 aliphatic heterocycles. The Morgan fingerprint density at radius 1 is 1.11 bits per heavy atom. The van der Waals surface area contributed by atoms with Crippen LogP contribution in [0.1, 0.15) is 50.7 Å². The third kappa shape index (κ3) is 2.28. The van der Waals surface area contributed by atoms with Gasteiger partial charge in [0.05, 0.1) is 0 Å². The summed E-state index contributed by atoms with van der Waals surface area (Å²) >= 11 is 0. The molecule has 1 atom stereocenters. The van der Waals surface area contributed by atoms with Crippen LogP contribution in [0.15, 0.2) is 12.1 Å². The third-order valence-electron chi connectivity index (χ3n) is 4.08. The topological polar surface area (TPSA) is 26.0 Å². The molecule has 18 heavy (non-hydrogen) atoms. The van der Waals surface area contributed by atoms with E-state index in [4.69, 9.17) is 5.73 Å². The SMILES string of the molecule is Cc1ccc(C2(N)CCCC(C)(C)C2)c(F)c1F. The fourth-order valence-corrected chi connectivity index (χ4v) is 3.17. The van der Waals surface area contributed by atoms with Gasteiger partial charge in [-0.3, -0.25) is 0 Å². The van der Waals surface area contributed by atoms with E-state index in [9.17, 15) is 8.78 Å². The second kappa shape index (κ2) is 4.30. The molecule has 1 aromatic carbocycles. The van der Waals surface area contributed by atoms with Crippen LogP contribution in [0.2, 0.25) is 0 Å². The summed E-state index contributed by atoms with van der Waals surface area (Å²) in [4.78, 5) is 0. The Kier molecular flexibility index (Phi) is 3.22. The van der Waals surface area contributed by atoms with Crippen LogP contribution < -0.4 is 5.73 Å². The first-order chi connectivity index (χ1) is 8.25. The molecule has 1 fully saturated rings. The summed E-state index contributed by atoms with van der Waals surface area (Å²) in [6, 6.07) is 3.26. The number of hydrogen-bond acceptors (Lipinski definition) is 1.